The normalized spacial score (nSPS) is 10.6. The van der Waals surface area contributed by atoms with E-state index in [4.69, 9.17) is 0 Å². The van der Waals surface area contributed by atoms with Gasteiger partial charge in [0.05, 0.1) is 5.69 Å². The summed E-state index contributed by atoms with van der Waals surface area (Å²) in [6, 6.07) is 7.42. The van der Waals surface area contributed by atoms with E-state index in [1.54, 1.807) is 11.4 Å². The van der Waals surface area contributed by atoms with Crippen LogP contribution >= 0.6 is 11.3 Å². The first-order valence-electron chi connectivity index (χ1n) is 7.13. The van der Waals surface area contributed by atoms with Crippen LogP contribution in [-0.2, 0) is 9.59 Å². The number of benzene rings is 1. The lowest BCUT2D eigenvalue weighted by molar-refractivity contribution is -0.114. The van der Waals surface area contributed by atoms with Gasteiger partial charge in [-0.3, -0.25) is 14.9 Å². The Morgan fingerprint density at radius 1 is 1.17 bits per heavy atom. The smallest absolute Gasteiger partial charge is 0.253 e. The van der Waals surface area contributed by atoms with E-state index in [2.05, 4.69) is 27.3 Å². The molecule has 0 fully saturated rings. The van der Waals surface area contributed by atoms with Crippen molar-refractivity contribution in [2.45, 2.75) is 13.8 Å². The Balaban J connectivity index is 1.89. The quantitative estimate of drug-likeness (QED) is 0.714. The monoisotopic (exact) mass is 341 g/mol. The number of hydrogen-bond donors (Lipinski definition) is 2. The number of thiazole rings is 1. The number of nitrogens with zero attached hydrogens (tertiary/aromatic N) is 3. The number of rotatable bonds is 4. The van der Waals surface area contributed by atoms with Crippen LogP contribution in [0.5, 0.6) is 0 Å². The van der Waals surface area contributed by atoms with Gasteiger partial charge in [0, 0.05) is 29.1 Å². The average Bonchev–Trinajstić information content (AvgIpc) is 3.07. The number of amides is 2. The molecule has 0 aliphatic carbocycles. The van der Waals surface area contributed by atoms with E-state index in [1.165, 1.54) is 18.3 Å². The van der Waals surface area contributed by atoms with Gasteiger partial charge in [0.1, 0.15) is 0 Å². The summed E-state index contributed by atoms with van der Waals surface area (Å²) in [5.74, 6) is -0.185. The molecule has 0 bridgehead atoms. The maximum absolute atomic E-state index is 11.7. The molecule has 3 aromatic rings. The number of carbonyl (C=O) groups excluding carboxylic acids is 2. The molecule has 2 aromatic heterocycles. The lowest BCUT2D eigenvalue weighted by Gasteiger charge is -2.03. The molecule has 24 heavy (non-hydrogen) atoms. The summed E-state index contributed by atoms with van der Waals surface area (Å²) in [7, 11) is 0. The predicted molar refractivity (Wildman–Crippen MR) is 94.0 cm³/mol. The zero-order valence-electron chi connectivity index (χ0n) is 13.2. The summed E-state index contributed by atoms with van der Waals surface area (Å²) in [6.07, 6.45) is 0. The number of fused-ring (bicyclic) bond motifs is 1. The zero-order valence-corrected chi connectivity index (χ0v) is 14.0. The molecule has 8 heteroatoms. The summed E-state index contributed by atoms with van der Waals surface area (Å²) >= 11 is 1.43. The average molecular weight is 341 g/mol. The Labute approximate surface area is 142 Å². The fraction of sp³-hybridized carbons (Fsp3) is 0.125. The van der Waals surface area contributed by atoms with Crippen LogP contribution in [0.2, 0.25) is 0 Å². The molecule has 0 spiro atoms. The maximum atomic E-state index is 11.7. The summed E-state index contributed by atoms with van der Waals surface area (Å²) < 4.78 is 1.67. The Morgan fingerprint density at radius 3 is 2.50 bits per heavy atom. The van der Waals surface area contributed by atoms with Crippen molar-refractivity contribution in [2.24, 2.45) is 0 Å². The molecular weight excluding hydrogens is 326 g/mol. The molecular formula is C16H15N5O2S. The summed E-state index contributed by atoms with van der Waals surface area (Å²) in [5, 5.41) is 11.6. The molecule has 0 radical (unpaired) electrons. The van der Waals surface area contributed by atoms with Gasteiger partial charge in [-0.05, 0) is 19.1 Å². The first kappa shape index (κ1) is 15.9. The van der Waals surface area contributed by atoms with Crippen molar-refractivity contribution < 1.29 is 9.59 Å². The van der Waals surface area contributed by atoms with Crippen LogP contribution in [0.4, 0.5) is 11.6 Å². The van der Waals surface area contributed by atoms with Gasteiger partial charge in [-0.2, -0.15) is 4.98 Å². The van der Waals surface area contributed by atoms with Gasteiger partial charge in [-0.15, -0.1) is 16.4 Å². The number of anilines is 2. The molecule has 2 amide bonds. The molecule has 0 unspecified atom stereocenters. The van der Waals surface area contributed by atoms with Gasteiger partial charge in [0.25, 0.3) is 11.9 Å². The minimum atomic E-state index is -0.311. The summed E-state index contributed by atoms with van der Waals surface area (Å²) in [5.41, 5.74) is 2.90. The number of hydrogen-bond acceptors (Lipinski definition) is 5. The van der Waals surface area contributed by atoms with Crippen LogP contribution in [0.25, 0.3) is 16.2 Å². The highest BCUT2D eigenvalue weighted by Crippen LogP contribution is 2.27. The maximum Gasteiger partial charge on any atom is 0.253 e. The lowest BCUT2D eigenvalue weighted by atomic mass is 10.1. The zero-order chi connectivity index (χ0) is 17.3. The molecule has 2 N–H and O–H groups in total. The van der Waals surface area contributed by atoms with Crippen molar-refractivity contribution in [3.63, 3.8) is 0 Å². The highest BCUT2D eigenvalue weighted by Gasteiger charge is 2.13. The van der Waals surface area contributed by atoms with Gasteiger partial charge in [0.2, 0.25) is 10.9 Å². The first-order valence-corrected chi connectivity index (χ1v) is 8.01. The second-order valence-corrected chi connectivity index (χ2v) is 6.08. The molecule has 0 saturated heterocycles. The Bertz CT molecular complexity index is 939. The van der Waals surface area contributed by atoms with Crippen LogP contribution in [0.15, 0.2) is 41.8 Å². The van der Waals surface area contributed by atoms with E-state index < -0.39 is 0 Å². The van der Waals surface area contributed by atoms with E-state index in [9.17, 15) is 9.59 Å². The van der Waals surface area contributed by atoms with Crippen LogP contribution in [0, 0.1) is 0 Å². The third-order valence-electron chi connectivity index (χ3n) is 3.20. The van der Waals surface area contributed by atoms with Gasteiger partial charge >= 0.3 is 0 Å². The fourth-order valence-corrected chi connectivity index (χ4v) is 2.90. The Kier molecular flexibility index (Phi) is 4.13. The van der Waals surface area contributed by atoms with Crippen molar-refractivity contribution in [3.05, 3.63) is 41.8 Å². The van der Waals surface area contributed by atoms with E-state index in [1.807, 2.05) is 29.6 Å². The van der Waals surface area contributed by atoms with E-state index >= 15 is 0 Å². The highest BCUT2D eigenvalue weighted by molar-refractivity contribution is 7.15. The minimum Gasteiger partial charge on any atom is -0.326 e. The molecule has 0 atom stereocenters. The molecule has 122 valence electrons. The summed E-state index contributed by atoms with van der Waals surface area (Å²) in [6.45, 7) is 6.67. The van der Waals surface area contributed by atoms with Crippen LogP contribution in [0.1, 0.15) is 13.8 Å². The molecule has 7 nitrogen and oxygen atoms in total. The van der Waals surface area contributed by atoms with Crippen molar-refractivity contribution in [3.8, 4) is 11.3 Å². The van der Waals surface area contributed by atoms with Gasteiger partial charge < -0.3 is 5.32 Å². The van der Waals surface area contributed by atoms with Crippen LogP contribution in [0.3, 0.4) is 0 Å². The van der Waals surface area contributed by atoms with Crippen LogP contribution < -0.4 is 10.6 Å². The van der Waals surface area contributed by atoms with Crippen molar-refractivity contribution in [1.29, 1.82) is 0 Å². The number of nitrogens with one attached hydrogen (secondary N) is 2. The van der Waals surface area contributed by atoms with Gasteiger partial charge in [0.15, 0.2) is 0 Å². The molecule has 0 saturated carbocycles. The number of carbonyl (C=O) groups is 2. The van der Waals surface area contributed by atoms with Crippen molar-refractivity contribution in [2.75, 3.05) is 10.6 Å². The topological polar surface area (TPSA) is 88.4 Å². The van der Waals surface area contributed by atoms with Gasteiger partial charge in [-0.1, -0.05) is 18.7 Å². The molecule has 2 heterocycles. The second kappa shape index (κ2) is 6.25. The fourth-order valence-electron chi connectivity index (χ4n) is 2.07. The van der Waals surface area contributed by atoms with E-state index in [-0.39, 0.29) is 17.8 Å². The minimum absolute atomic E-state index is 0.116. The largest absolute Gasteiger partial charge is 0.326 e. The third kappa shape index (κ3) is 3.18. The Morgan fingerprint density at radius 2 is 1.88 bits per heavy atom. The van der Waals surface area contributed by atoms with E-state index in [0.29, 0.717) is 10.5 Å². The standard InChI is InChI=1S/C16H15N5O2S/c1-9(2)14(23)18-15-19-16-21(20-15)13(8-24-16)11-4-6-12(7-5-11)17-10(3)22/h4-8H,1H2,2-3H3,(H,17,22)(H,18,20,23). The molecule has 0 aliphatic heterocycles. The highest BCUT2D eigenvalue weighted by atomic mass is 32.1. The predicted octanol–water partition coefficient (Wildman–Crippen LogP) is 2.93. The number of aromatic nitrogens is 3. The van der Waals surface area contributed by atoms with Crippen molar-refractivity contribution in [1.82, 2.24) is 14.6 Å². The second-order valence-electron chi connectivity index (χ2n) is 5.24. The Hall–Kier alpha value is -3.00. The lowest BCUT2D eigenvalue weighted by Crippen LogP contribution is -2.13. The van der Waals surface area contributed by atoms with Crippen LogP contribution in [-0.4, -0.2) is 26.4 Å². The van der Waals surface area contributed by atoms with Crippen molar-refractivity contribution >= 4 is 39.7 Å². The van der Waals surface area contributed by atoms with Gasteiger partial charge in [-0.25, -0.2) is 4.52 Å². The third-order valence-corrected chi connectivity index (χ3v) is 4.01. The SMILES string of the molecule is C=C(C)C(=O)Nc1nc2scc(-c3ccc(NC(C)=O)cc3)n2n1. The summed E-state index contributed by atoms with van der Waals surface area (Å²) in [4.78, 5) is 27.7. The molecule has 3 rings (SSSR count). The van der Waals surface area contributed by atoms with E-state index in [0.717, 1.165) is 16.9 Å². The molecule has 0 aliphatic rings. The first-order chi connectivity index (χ1) is 11.4. The molecule has 1 aromatic carbocycles.